The fourth-order valence-electron chi connectivity index (χ4n) is 2.87. The van der Waals surface area contributed by atoms with E-state index in [1.165, 1.54) is 19.6 Å². The molecular weight excluding hydrogens is 268 g/mol. The average molecular weight is 290 g/mol. The number of hydrogen-bond acceptors (Lipinski definition) is 4. The van der Waals surface area contributed by atoms with Gasteiger partial charge in [0.2, 0.25) is 5.91 Å². The first-order chi connectivity index (χ1) is 10.0. The molecule has 0 saturated heterocycles. The van der Waals surface area contributed by atoms with Crippen LogP contribution in [-0.4, -0.2) is 38.1 Å². The zero-order chi connectivity index (χ0) is 15.4. The number of esters is 1. The molecule has 1 aromatic carbocycles. The molecule has 5 nitrogen and oxygen atoms in total. The largest absolute Gasteiger partial charge is 0.467 e. The highest BCUT2D eigenvalue weighted by molar-refractivity contribution is 5.83. The van der Waals surface area contributed by atoms with Gasteiger partial charge in [-0.2, -0.15) is 0 Å². The van der Waals surface area contributed by atoms with E-state index in [0.717, 1.165) is 18.7 Å². The number of nitrogens with one attached hydrogen (secondary N) is 1. The van der Waals surface area contributed by atoms with Crippen molar-refractivity contribution in [1.82, 2.24) is 5.32 Å². The Morgan fingerprint density at radius 2 is 2.14 bits per heavy atom. The van der Waals surface area contributed by atoms with Crippen LogP contribution in [0, 0.1) is 5.92 Å². The first-order valence-electron chi connectivity index (χ1n) is 7.19. The molecule has 1 aliphatic rings. The van der Waals surface area contributed by atoms with Crippen LogP contribution in [0.3, 0.4) is 0 Å². The standard InChI is InChI=1S/C16H22N2O3/c1-11-8-13-6-4-5-7-15(13)18(9-11)10-14(16(20)21-3)17-12(2)19/h4-7,11,14H,8-10H2,1-3H3,(H,17,19). The Morgan fingerprint density at radius 3 is 2.81 bits per heavy atom. The first kappa shape index (κ1) is 15.4. The second kappa shape index (κ2) is 6.61. The van der Waals surface area contributed by atoms with Gasteiger partial charge in [0.1, 0.15) is 6.04 Å². The van der Waals surface area contributed by atoms with Gasteiger partial charge >= 0.3 is 5.97 Å². The number of carbonyl (C=O) groups excluding carboxylic acids is 2. The van der Waals surface area contributed by atoms with Crippen molar-refractivity contribution < 1.29 is 14.3 Å². The highest BCUT2D eigenvalue weighted by Gasteiger charge is 2.28. The number of carbonyl (C=O) groups is 2. The zero-order valence-electron chi connectivity index (χ0n) is 12.8. The summed E-state index contributed by atoms with van der Waals surface area (Å²) in [5.41, 5.74) is 2.41. The number of ether oxygens (including phenoxy) is 1. The van der Waals surface area contributed by atoms with Crippen molar-refractivity contribution in [3.8, 4) is 0 Å². The lowest BCUT2D eigenvalue weighted by Crippen LogP contribution is -2.50. The molecule has 2 unspecified atom stereocenters. The lowest BCUT2D eigenvalue weighted by Gasteiger charge is -2.36. The maximum Gasteiger partial charge on any atom is 0.330 e. The average Bonchev–Trinajstić information content (AvgIpc) is 2.45. The number of anilines is 1. The third-order valence-electron chi connectivity index (χ3n) is 3.70. The summed E-state index contributed by atoms with van der Waals surface area (Å²) in [5, 5.41) is 2.67. The summed E-state index contributed by atoms with van der Waals surface area (Å²) in [6, 6.07) is 7.55. The van der Waals surface area contributed by atoms with Gasteiger partial charge in [-0.25, -0.2) is 4.79 Å². The Hall–Kier alpha value is -2.04. The van der Waals surface area contributed by atoms with Gasteiger partial charge in [-0.05, 0) is 24.0 Å². The minimum absolute atomic E-state index is 0.233. The Bertz CT molecular complexity index is 530. The molecule has 2 rings (SSSR count). The van der Waals surface area contributed by atoms with E-state index in [-0.39, 0.29) is 5.91 Å². The molecule has 0 spiro atoms. The second-order valence-corrected chi connectivity index (χ2v) is 5.62. The second-order valence-electron chi connectivity index (χ2n) is 5.62. The topological polar surface area (TPSA) is 58.6 Å². The molecule has 1 amide bonds. The van der Waals surface area contributed by atoms with Crippen molar-refractivity contribution >= 4 is 17.6 Å². The number of para-hydroxylation sites is 1. The van der Waals surface area contributed by atoms with Gasteiger partial charge in [-0.1, -0.05) is 25.1 Å². The van der Waals surface area contributed by atoms with Gasteiger partial charge in [-0.3, -0.25) is 4.79 Å². The third kappa shape index (κ3) is 3.74. The summed E-state index contributed by atoms with van der Waals surface area (Å²) >= 11 is 0. The van der Waals surface area contributed by atoms with Crippen LogP contribution in [0.15, 0.2) is 24.3 Å². The molecule has 1 aromatic rings. The maximum atomic E-state index is 11.9. The van der Waals surface area contributed by atoms with E-state index in [4.69, 9.17) is 4.74 Å². The monoisotopic (exact) mass is 290 g/mol. The van der Waals surface area contributed by atoms with Gasteiger partial charge < -0.3 is 15.0 Å². The van der Waals surface area contributed by atoms with Crippen LogP contribution in [0.25, 0.3) is 0 Å². The molecule has 1 heterocycles. The first-order valence-corrected chi connectivity index (χ1v) is 7.19. The minimum Gasteiger partial charge on any atom is -0.467 e. The third-order valence-corrected chi connectivity index (χ3v) is 3.70. The van der Waals surface area contributed by atoms with E-state index in [1.54, 1.807) is 0 Å². The highest BCUT2D eigenvalue weighted by Crippen LogP contribution is 2.29. The fourth-order valence-corrected chi connectivity index (χ4v) is 2.87. The van der Waals surface area contributed by atoms with Crippen molar-refractivity contribution in [2.75, 3.05) is 25.1 Å². The zero-order valence-corrected chi connectivity index (χ0v) is 12.8. The predicted molar refractivity (Wildman–Crippen MR) is 81.1 cm³/mol. The molecule has 0 aliphatic carbocycles. The fraction of sp³-hybridized carbons (Fsp3) is 0.500. The van der Waals surface area contributed by atoms with Gasteiger partial charge in [0.25, 0.3) is 0 Å². The lowest BCUT2D eigenvalue weighted by molar-refractivity contribution is -0.144. The summed E-state index contributed by atoms with van der Waals surface area (Å²) in [4.78, 5) is 25.3. The number of hydrogen-bond donors (Lipinski definition) is 1. The van der Waals surface area contributed by atoms with Crippen molar-refractivity contribution in [2.45, 2.75) is 26.3 Å². The lowest BCUT2D eigenvalue weighted by atomic mass is 9.93. The molecule has 1 aliphatic heterocycles. The van der Waals surface area contributed by atoms with Crippen LogP contribution in [0.1, 0.15) is 19.4 Å². The molecule has 0 saturated carbocycles. The number of benzene rings is 1. The Morgan fingerprint density at radius 1 is 1.43 bits per heavy atom. The van der Waals surface area contributed by atoms with Crippen LogP contribution >= 0.6 is 0 Å². The molecule has 21 heavy (non-hydrogen) atoms. The van der Waals surface area contributed by atoms with Crippen LogP contribution in [-0.2, 0) is 20.7 Å². The van der Waals surface area contributed by atoms with E-state index >= 15 is 0 Å². The van der Waals surface area contributed by atoms with E-state index in [2.05, 4.69) is 29.3 Å². The SMILES string of the molecule is COC(=O)C(CN1CC(C)Cc2ccccc21)NC(C)=O. The van der Waals surface area contributed by atoms with E-state index in [0.29, 0.717) is 12.5 Å². The smallest absolute Gasteiger partial charge is 0.330 e. The number of rotatable bonds is 4. The molecule has 0 radical (unpaired) electrons. The molecule has 2 atom stereocenters. The normalized spacial score (nSPS) is 18.6. The summed E-state index contributed by atoms with van der Waals surface area (Å²) in [6.07, 6.45) is 1.04. The highest BCUT2D eigenvalue weighted by atomic mass is 16.5. The van der Waals surface area contributed by atoms with Gasteiger partial charge in [0.05, 0.1) is 7.11 Å². The van der Waals surface area contributed by atoms with Crippen molar-refractivity contribution in [2.24, 2.45) is 5.92 Å². The van der Waals surface area contributed by atoms with Gasteiger partial charge in [-0.15, -0.1) is 0 Å². The van der Waals surface area contributed by atoms with Gasteiger partial charge in [0, 0.05) is 25.7 Å². The van der Waals surface area contributed by atoms with Gasteiger partial charge in [0.15, 0.2) is 0 Å². The summed E-state index contributed by atoms with van der Waals surface area (Å²) < 4.78 is 4.79. The summed E-state index contributed by atoms with van der Waals surface area (Å²) in [5.74, 6) is -0.139. The Labute approximate surface area is 125 Å². The van der Waals surface area contributed by atoms with Crippen molar-refractivity contribution in [3.05, 3.63) is 29.8 Å². The minimum atomic E-state index is -0.647. The van der Waals surface area contributed by atoms with E-state index < -0.39 is 12.0 Å². The molecule has 114 valence electrons. The van der Waals surface area contributed by atoms with Crippen molar-refractivity contribution in [1.29, 1.82) is 0 Å². The molecule has 1 N–H and O–H groups in total. The number of nitrogens with zero attached hydrogens (tertiary/aromatic N) is 1. The molecule has 0 fully saturated rings. The number of amides is 1. The summed E-state index contributed by atoms with van der Waals surface area (Å²) in [6.45, 7) is 4.88. The van der Waals surface area contributed by atoms with Crippen LogP contribution in [0.2, 0.25) is 0 Å². The molecule has 0 aromatic heterocycles. The Kier molecular flexibility index (Phi) is 4.83. The van der Waals surface area contributed by atoms with Crippen LogP contribution < -0.4 is 10.2 Å². The predicted octanol–water partition coefficient (Wildman–Crippen LogP) is 1.36. The number of methoxy groups -OCH3 is 1. The quantitative estimate of drug-likeness (QED) is 0.851. The van der Waals surface area contributed by atoms with Crippen LogP contribution in [0.4, 0.5) is 5.69 Å². The number of fused-ring (bicyclic) bond motifs is 1. The van der Waals surface area contributed by atoms with E-state index in [1.807, 2.05) is 12.1 Å². The summed E-state index contributed by atoms with van der Waals surface area (Å²) in [7, 11) is 1.34. The van der Waals surface area contributed by atoms with E-state index in [9.17, 15) is 9.59 Å². The Balaban J connectivity index is 2.20. The maximum absolute atomic E-state index is 11.9. The van der Waals surface area contributed by atoms with Crippen molar-refractivity contribution in [3.63, 3.8) is 0 Å². The molecule has 5 heteroatoms. The van der Waals surface area contributed by atoms with Crippen LogP contribution in [0.5, 0.6) is 0 Å². The molecular formula is C16H22N2O3. The molecule has 0 bridgehead atoms.